The number of hydrogen-bond donors (Lipinski definition) is 1. The molecule has 0 amide bonds. The fraction of sp³-hybridized carbons (Fsp3) is 0.927. The van der Waals surface area contributed by atoms with Crippen LogP contribution in [0.25, 0.3) is 0 Å². The maximum atomic E-state index is 13.5. The van der Waals surface area contributed by atoms with E-state index in [-0.39, 0.29) is 153 Å². The molecule has 0 aromatic carbocycles. The topological polar surface area (TPSA) is 270 Å². The van der Waals surface area contributed by atoms with Crippen LogP contribution in [0.2, 0.25) is 0 Å². The summed E-state index contributed by atoms with van der Waals surface area (Å²) in [5, 5.41) is 10.2. The molecule has 5 aliphatic heterocycles. The Balaban J connectivity index is 0.000000452. The summed E-state index contributed by atoms with van der Waals surface area (Å²) in [5.41, 5.74) is 0. The molecule has 0 bridgehead atoms. The molecule has 1 N–H and O–H groups in total. The Morgan fingerprint density at radius 2 is 0.600 bits per heavy atom. The molecule has 21 atom stereocenters. The van der Waals surface area contributed by atoms with E-state index in [9.17, 15) is 33.9 Å². The number of carbonyl (C=O) groups excluding carboxylic acids is 6. The van der Waals surface area contributed by atoms with Crippen molar-refractivity contribution in [1.29, 1.82) is 0 Å². The summed E-state index contributed by atoms with van der Waals surface area (Å²) in [4.78, 5) is 70.8. The van der Waals surface area contributed by atoms with Gasteiger partial charge >= 0.3 is 36.2 Å². The molecule has 21 unspecified atom stereocenters. The van der Waals surface area contributed by atoms with Crippen LogP contribution in [-0.2, 0) is 95.0 Å². The lowest BCUT2D eigenvalue weighted by atomic mass is 9.97. The minimum Gasteiger partial charge on any atom is -0.463 e. The van der Waals surface area contributed by atoms with E-state index in [1.165, 1.54) is 27.7 Å². The maximum Gasteiger partial charge on any atom is 0.508 e. The number of aliphatic hydroxyl groups is 1. The number of ether oxygens (including phenoxy) is 16. The molecule has 0 aromatic rings. The van der Waals surface area contributed by atoms with Crippen LogP contribution in [0.4, 0.5) is 9.59 Å². The van der Waals surface area contributed by atoms with Crippen LogP contribution in [-0.4, -0.2) is 170 Å². The normalized spacial score (nSPS) is 27.4. The van der Waals surface area contributed by atoms with Crippen molar-refractivity contribution in [3.05, 3.63) is 0 Å². The minimum absolute atomic E-state index is 0.0244. The second-order valence-corrected chi connectivity index (χ2v) is 29.8. The third kappa shape index (κ3) is 42.7. The Morgan fingerprint density at radius 3 is 0.924 bits per heavy atom. The van der Waals surface area contributed by atoms with Gasteiger partial charge in [-0.15, -0.1) is 0 Å². The van der Waals surface area contributed by atoms with Crippen molar-refractivity contribution in [1.82, 2.24) is 0 Å². The zero-order valence-corrected chi connectivity index (χ0v) is 68.1. The van der Waals surface area contributed by atoms with Crippen LogP contribution < -0.4 is 0 Å². The molecule has 5 heterocycles. The van der Waals surface area contributed by atoms with E-state index < -0.39 is 12.3 Å². The van der Waals surface area contributed by atoms with Gasteiger partial charge in [0.15, 0.2) is 25.2 Å². The van der Waals surface area contributed by atoms with Crippen molar-refractivity contribution in [2.24, 2.45) is 0 Å². The zero-order valence-electron chi connectivity index (χ0n) is 68.1. The molecule has 5 fully saturated rings. The van der Waals surface area contributed by atoms with Crippen molar-refractivity contribution in [3.8, 4) is 0 Å². The number of aliphatic hydroxyl groups excluding tert-OH is 1. The number of hydrogen-bond acceptors (Lipinski definition) is 23. The molecule has 5 aliphatic rings. The molecule has 0 spiro atoms. The Labute approximate surface area is 633 Å². The highest BCUT2D eigenvalue weighted by Crippen LogP contribution is 2.34. The van der Waals surface area contributed by atoms with Gasteiger partial charge in [0.2, 0.25) is 0 Å². The summed E-state index contributed by atoms with van der Waals surface area (Å²) in [5.74, 6) is -1.11. The van der Waals surface area contributed by atoms with Gasteiger partial charge in [-0.3, -0.25) is 19.2 Å². The number of cyclic esters (lactones) is 2. The van der Waals surface area contributed by atoms with Crippen LogP contribution in [0.3, 0.4) is 0 Å². The predicted molar refractivity (Wildman–Crippen MR) is 401 cm³/mol. The second-order valence-electron chi connectivity index (χ2n) is 29.8. The summed E-state index contributed by atoms with van der Waals surface area (Å²) < 4.78 is 93.2. The molecule has 0 aliphatic carbocycles. The van der Waals surface area contributed by atoms with E-state index in [0.717, 1.165) is 193 Å². The first-order valence-corrected chi connectivity index (χ1v) is 41.8. The SMILES string of the molecule is CCCC1OC(CC)CC(CCC(CCCC(CC)OC(C)=O)OC(=O)OC(CCCC(CC)OC(C)=O)CCC2CC(CC)OC(CCC)O2)O1.CCCC1OC(CC)CC(CCC(O)CCCC(CC)OC(C)=O)O1.CCCC1OC(CC)CC(CCC2CC(CC(CC)OC(C)=O)OC(=O)O2)O1. The average molecular weight is 1500 g/mol. The van der Waals surface area contributed by atoms with Gasteiger partial charge in [-0.1, -0.05) is 109 Å². The van der Waals surface area contributed by atoms with Gasteiger partial charge in [-0.25, -0.2) is 9.59 Å². The first-order valence-electron chi connectivity index (χ1n) is 41.8. The van der Waals surface area contributed by atoms with Crippen LogP contribution >= 0.6 is 0 Å². The third-order valence-electron chi connectivity index (χ3n) is 20.5. The van der Waals surface area contributed by atoms with Crippen LogP contribution in [0, 0.1) is 0 Å². The first-order chi connectivity index (χ1) is 50.4. The molecule has 0 radical (unpaired) electrons. The largest absolute Gasteiger partial charge is 0.508 e. The summed E-state index contributed by atoms with van der Waals surface area (Å²) in [7, 11) is 0. The van der Waals surface area contributed by atoms with Crippen molar-refractivity contribution in [2.75, 3.05) is 0 Å². The lowest BCUT2D eigenvalue weighted by molar-refractivity contribution is -0.247. The number of carbonyl (C=O) groups is 6. The molecular formula is C82H148O23. The van der Waals surface area contributed by atoms with Crippen LogP contribution in [0.1, 0.15) is 361 Å². The Bertz CT molecular complexity index is 2220. The molecule has 614 valence electrons. The van der Waals surface area contributed by atoms with Crippen molar-refractivity contribution < 1.29 is 110 Å². The molecule has 23 heteroatoms. The van der Waals surface area contributed by atoms with Gasteiger partial charge in [0.05, 0.1) is 54.9 Å². The molecular weight excluding hydrogens is 1350 g/mol. The summed E-state index contributed by atoms with van der Waals surface area (Å²) in [6.07, 6.45) is 28.6. The zero-order chi connectivity index (χ0) is 77.5. The van der Waals surface area contributed by atoms with Gasteiger partial charge in [-0.05, 0) is 212 Å². The lowest BCUT2D eigenvalue weighted by Gasteiger charge is -2.36. The first kappa shape index (κ1) is 95.3. The molecule has 0 aromatic heterocycles. The molecule has 105 heavy (non-hydrogen) atoms. The highest BCUT2D eigenvalue weighted by atomic mass is 16.8. The van der Waals surface area contributed by atoms with Gasteiger partial charge in [0.1, 0.15) is 48.8 Å². The van der Waals surface area contributed by atoms with Gasteiger partial charge in [0, 0.05) is 40.5 Å². The fourth-order valence-electron chi connectivity index (χ4n) is 14.5. The standard InChI is InChI=1S/C41H74O11.C21H36O7.C20H38O5/c1-9-17-39-47-33(13-5)27-37(49-39)25-23-35(21-15-19-31(11-3)45-29(7)42)51-41(44)52-36(22-16-20-32(12-4)46-30(8)43)24-26-38-28-34(14-6)48-40(50-38)18-10-2;1-5-8-20-25-16(7-3)11-17(26-20)9-10-18-13-19(28-21(23)27-18)12-15(6-2)24-14(4)22;1-5-9-20-24-18(7-3)14-19(25-20)13-12-16(22)10-8-11-17(6-2)23-15(4)21/h31-40H,9-28H2,1-8H3;15-20H,5-13H2,1-4H3;16-20,22H,5-14H2,1-4H3. The van der Waals surface area contributed by atoms with Crippen LogP contribution in [0.5, 0.6) is 0 Å². The monoisotopic (exact) mass is 1500 g/mol. The number of rotatable bonds is 48. The minimum atomic E-state index is -0.666. The average Bonchev–Trinajstić information content (AvgIpc) is 0.868. The van der Waals surface area contributed by atoms with Gasteiger partial charge in [0.25, 0.3) is 0 Å². The molecule has 5 rings (SSSR count). The van der Waals surface area contributed by atoms with E-state index in [1.54, 1.807) is 0 Å². The fourth-order valence-corrected chi connectivity index (χ4v) is 14.5. The van der Waals surface area contributed by atoms with Crippen molar-refractivity contribution in [3.63, 3.8) is 0 Å². The van der Waals surface area contributed by atoms with Gasteiger partial charge < -0.3 is 80.9 Å². The Morgan fingerprint density at radius 1 is 0.324 bits per heavy atom. The third-order valence-corrected chi connectivity index (χ3v) is 20.5. The predicted octanol–water partition coefficient (Wildman–Crippen LogP) is 18.7. The highest BCUT2D eigenvalue weighted by molar-refractivity contribution is 5.67. The van der Waals surface area contributed by atoms with E-state index in [2.05, 4.69) is 55.4 Å². The smallest absolute Gasteiger partial charge is 0.463 e. The number of esters is 4. The van der Waals surface area contributed by atoms with E-state index in [1.807, 2.05) is 27.7 Å². The van der Waals surface area contributed by atoms with Crippen LogP contribution in [0.15, 0.2) is 0 Å². The van der Waals surface area contributed by atoms with E-state index in [4.69, 9.17) is 75.8 Å². The van der Waals surface area contributed by atoms with Crippen molar-refractivity contribution >= 4 is 36.2 Å². The van der Waals surface area contributed by atoms with E-state index >= 15 is 0 Å². The molecule has 23 nitrogen and oxygen atoms in total. The summed E-state index contributed by atoms with van der Waals surface area (Å²) in [6, 6.07) is 0. The second kappa shape index (κ2) is 56.3. The van der Waals surface area contributed by atoms with Gasteiger partial charge in [-0.2, -0.15) is 0 Å². The Hall–Kier alpha value is -3.94. The Kier molecular flexibility index (Phi) is 51.1. The highest BCUT2D eigenvalue weighted by Gasteiger charge is 2.37. The summed E-state index contributed by atoms with van der Waals surface area (Å²) >= 11 is 0. The van der Waals surface area contributed by atoms with E-state index in [0.29, 0.717) is 57.8 Å². The van der Waals surface area contributed by atoms with Crippen molar-refractivity contribution in [2.45, 2.75) is 490 Å². The molecule has 0 saturated carbocycles. The summed E-state index contributed by atoms with van der Waals surface area (Å²) in [6.45, 7) is 30.8. The lowest BCUT2D eigenvalue weighted by Crippen LogP contribution is -2.40. The molecule has 5 saturated heterocycles. The quantitative estimate of drug-likeness (QED) is 0.0438. The maximum absolute atomic E-state index is 13.5.